The van der Waals surface area contributed by atoms with Gasteiger partial charge < -0.3 is 4.74 Å². The molecule has 0 radical (unpaired) electrons. The van der Waals surface area contributed by atoms with Crippen LogP contribution < -0.4 is 10.3 Å². The highest BCUT2D eigenvalue weighted by molar-refractivity contribution is 5.42. The highest BCUT2D eigenvalue weighted by Gasteiger charge is 2.15. The van der Waals surface area contributed by atoms with Crippen molar-refractivity contribution in [1.29, 1.82) is 0 Å². The second-order valence-corrected chi connectivity index (χ2v) is 5.52. The summed E-state index contributed by atoms with van der Waals surface area (Å²) >= 11 is 0. The number of rotatable bonds is 4. The average Bonchev–Trinajstić information content (AvgIpc) is 2.58. The first-order valence-corrected chi connectivity index (χ1v) is 7.45. The summed E-state index contributed by atoms with van der Waals surface area (Å²) in [7, 11) is 0. The molecule has 2 heterocycles. The molecule has 0 saturated carbocycles. The predicted octanol–water partition coefficient (Wildman–Crippen LogP) is 3.30. The summed E-state index contributed by atoms with van der Waals surface area (Å²) in [6, 6.07) is 8.58. The Hall–Kier alpha value is -3.02. The van der Waals surface area contributed by atoms with Crippen LogP contribution in [0.15, 0.2) is 47.5 Å². The molecule has 0 amide bonds. The second kappa shape index (κ2) is 6.62. The number of hydrogen-bond donors (Lipinski definition) is 1. The zero-order valence-electron chi connectivity index (χ0n) is 13.3. The van der Waals surface area contributed by atoms with Crippen molar-refractivity contribution in [2.75, 3.05) is 0 Å². The Labute approximate surface area is 138 Å². The largest absolute Gasteiger partial charge is 0.452 e. The molecule has 0 unspecified atom stereocenters. The standard InChI is InChI=1S/C18H16FN3O2/c1-11-5-6-13(9-14-8-12(2)18(23)22-21-14)16(19)17(11)24-15-4-3-7-20-10-15/h3-8,10H,9H2,1-2H3,(H,22,23). The molecule has 0 fully saturated rings. The molecule has 0 aliphatic heterocycles. The van der Waals surface area contributed by atoms with Crippen LogP contribution in [0.5, 0.6) is 11.5 Å². The molecule has 3 rings (SSSR count). The lowest BCUT2D eigenvalue weighted by Gasteiger charge is -2.12. The predicted molar refractivity (Wildman–Crippen MR) is 87.8 cm³/mol. The first-order valence-electron chi connectivity index (χ1n) is 7.45. The van der Waals surface area contributed by atoms with E-state index in [9.17, 15) is 9.18 Å². The van der Waals surface area contributed by atoms with E-state index in [2.05, 4.69) is 15.2 Å². The third-order valence-corrected chi connectivity index (χ3v) is 3.64. The van der Waals surface area contributed by atoms with Crippen LogP contribution in [0.3, 0.4) is 0 Å². The Morgan fingerprint density at radius 1 is 1.21 bits per heavy atom. The smallest absolute Gasteiger partial charge is 0.267 e. The van der Waals surface area contributed by atoms with E-state index in [-0.39, 0.29) is 17.7 Å². The fourth-order valence-corrected chi connectivity index (χ4v) is 2.32. The van der Waals surface area contributed by atoms with E-state index in [1.54, 1.807) is 50.4 Å². The van der Waals surface area contributed by atoms with Gasteiger partial charge in [-0.3, -0.25) is 9.78 Å². The minimum Gasteiger partial charge on any atom is -0.452 e. The number of aromatic nitrogens is 3. The molecule has 0 bridgehead atoms. The van der Waals surface area contributed by atoms with Gasteiger partial charge >= 0.3 is 0 Å². The fraction of sp³-hybridized carbons (Fsp3) is 0.167. The van der Waals surface area contributed by atoms with E-state index in [0.29, 0.717) is 28.1 Å². The number of H-pyrrole nitrogens is 1. The Bertz CT molecular complexity index is 923. The molecule has 0 aliphatic rings. The van der Waals surface area contributed by atoms with Crippen LogP contribution in [0.25, 0.3) is 0 Å². The minimum absolute atomic E-state index is 0.168. The van der Waals surface area contributed by atoms with Crippen molar-refractivity contribution in [3.05, 3.63) is 81.3 Å². The Morgan fingerprint density at radius 2 is 2.04 bits per heavy atom. The lowest BCUT2D eigenvalue weighted by atomic mass is 10.0. The normalized spacial score (nSPS) is 10.6. The molecule has 0 atom stereocenters. The summed E-state index contributed by atoms with van der Waals surface area (Å²) in [5.74, 6) is 0.195. The number of benzene rings is 1. The van der Waals surface area contributed by atoms with Crippen molar-refractivity contribution in [3.8, 4) is 11.5 Å². The molecule has 5 nitrogen and oxygen atoms in total. The van der Waals surface area contributed by atoms with E-state index in [1.807, 2.05) is 0 Å². The van der Waals surface area contributed by atoms with Crippen LogP contribution in [-0.4, -0.2) is 15.2 Å². The summed E-state index contributed by atoms with van der Waals surface area (Å²) < 4.78 is 20.5. The molecule has 6 heteroatoms. The van der Waals surface area contributed by atoms with Gasteiger partial charge in [-0.05, 0) is 43.2 Å². The van der Waals surface area contributed by atoms with Gasteiger partial charge in [0.25, 0.3) is 5.56 Å². The Morgan fingerprint density at radius 3 is 2.75 bits per heavy atom. The molecular formula is C18H16FN3O2. The zero-order chi connectivity index (χ0) is 17.1. The topological polar surface area (TPSA) is 67.9 Å². The summed E-state index contributed by atoms with van der Waals surface area (Å²) in [5, 5.41) is 6.36. The lowest BCUT2D eigenvalue weighted by Crippen LogP contribution is -2.13. The summed E-state index contributed by atoms with van der Waals surface area (Å²) in [6.45, 7) is 3.47. The molecule has 3 aromatic rings. The van der Waals surface area contributed by atoms with E-state index >= 15 is 0 Å². The molecule has 0 saturated heterocycles. The quantitative estimate of drug-likeness (QED) is 0.799. The van der Waals surface area contributed by atoms with Crippen LogP contribution in [-0.2, 0) is 6.42 Å². The lowest BCUT2D eigenvalue weighted by molar-refractivity contribution is 0.434. The van der Waals surface area contributed by atoms with Gasteiger partial charge in [0, 0.05) is 18.2 Å². The molecule has 2 aromatic heterocycles. The highest BCUT2D eigenvalue weighted by atomic mass is 19.1. The fourth-order valence-electron chi connectivity index (χ4n) is 2.32. The van der Waals surface area contributed by atoms with Crippen molar-refractivity contribution in [3.63, 3.8) is 0 Å². The van der Waals surface area contributed by atoms with Crippen molar-refractivity contribution >= 4 is 0 Å². The molecule has 0 aliphatic carbocycles. The van der Waals surface area contributed by atoms with Crippen LogP contribution in [0.2, 0.25) is 0 Å². The van der Waals surface area contributed by atoms with Gasteiger partial charge in [-0.1, -0.05) is 12.1 Å². The number of nitrogens with one attached hydrogen (secondary N) is 1. The summed E-state index contributed by atoms with van der Waals surface area (Å²) in [6.07, 6.45) is 3.40. The van der Waals surface area contributed by atoms with Crippen molar-refractivity contribution in [2.24, 2.45) is 0 Å². The number of hydrogen-bond acceptors (Lipinski definition) is 4. The number of pyridine rings is 1. The van der Waals surface area contributed by atoms with Crippen LogP contribution in [0.4, 0.5) is 4.39 Å². The van der Waals surface area contributed by atoms with E-state index in [1.165, 1.54) is 6.20 Å². The van der Waals surface area contributed by atoms with Gasteiger partial charge in [0.15, 0.2) is 11.6 Å². The van der Waals surface area contributed by atoms with Gasteiger partial charge in [0.05, 0.1) is 11.9 Å². The molecule has 1 aromatic carbocycles. The van der Waals surface area contributed by atoms with Crippen LogP contribution in [0.1, 0.15) is 22.4 Å². The molecule has 122 valence electrons. The number of aryl methyl sites for hydroxylation is 2. The first kappa shape index (κ1) is 15.9. The molecule has 24 heavy (non-hydrogen) atoms. The Kier molecular flexibility index (Phi) is 4.37. The van der Waals surface area contributed by atoms with E-state index in [4.69, 9.17) is 4.74 Å². The maximum atomic E-state index is 14.8. The number of ether oxygens (including phenoxy) is 1. The summed E-state index contributed by atoms with van der Waals surface area (Å²) in [4.78, 5) is 15.3. The zero-order valence-corrected chi connectivity index (χ0v) is 13.3. The second-order valence-electron chi connectivity index (χ2n) is 5.52. The van der Waals surface area contributed by atoms with Gasteiger partial charge in [-0.15, -0.1) is 0 Å². The highest BCUT2D eigenvalue weighted by Crippen LogP contribution is 2.30. The third kappa shape index (κ3) is 3.32. The molecular weight excluding hydrogens is 309 g/mol. The number of aromatic amines is 1. The third-order valence-electron chi connectivity index (χ3n) is 3.64. The number of halogens is 1. The minimum atomic E-state index is -0.440. The van der Waals surface area contributed by atoms with Gasteiger partial charge in [-0.25, -0.2) is 9.49 Å². The van der Waals surface area contributed by atoms with Crippen molar-refractivity contribution in [1.82, 2.24) is 15.2 Å². The molecule has 1 N–H and O–H groups in total. The maximum absolute atomic E-state index is 14.8. The first-order chi connectivity index (χ1) is 11.5. The van der Waals surface area contributed by atoms with Gasteiger partial charge in [-0.2, -0.15) is 5.10 Å². The SMILES string of the molecule is Cc1ccc(Cc2cc(C)c(=O)[nH]n2)c(F)c1Oc1cccnc1. The van der Waals surface area contributed by atoms with Crippen LogP contribution in [0, 0.1) is 19.7 Å². The van der Waals surface area contributed by atoms with Crippen molar-refractivity contribution in [2.45, 2.75) is 20.3 Å². The van der Waals surface area contributed by atoms with Gasteiger partial charge in [0.2, 0.25) is 0 Å². The maximum Gasteiger partial charge on any atom is 0.267 e. The average molecular weight is 325 g/mol. The van der Waals surface area contributed by atoms with Gasteiger partial charge in [0.1, 0.15) is 5.75 Å². The molecule has 0 spiro atoms. The van der Waals surface area contributed by atoms with Crippen molar-refractivity contribution < 1.29 is 9.13 Å². The van der Waals surface area contributed by atoms with E-state index in [0.717, 1.165) is 0 Å². The monoisotopic (exact) mass is 325 g/mol. The number of nitrogens with zero attached hydrogens (tertiary/aromatic N) is 2. The summed E-state index contributed by atoms with van der Waals surface area (Å²) in [5.41, 5.74) is 2.01. The Balaban J connectivity index is 1.93. The van der Waals surface area contributed by atoms with E-state index < -0.39 is 5.82 Å². The van der Waals surface area contributed by atoms with Crippen LogP contribution >= 0.6 is 0 Å².